The average molecular weight is 235 g/mol. The van der Waals surface area contributed by atoms with Crippen LogP contribution in [0.25, 0.3) is 0 Å². The van der Waals surface area contributed by atoms with E-state index in [0.717, 1.165) is 11.1 Å². The van der Waals surface area contributed by atoms with Gasteiger partial charge in [-0.05, 0) is 12.5 Å². The van der Waals surface area contributed by atoms with Gasteiger partial charge in [-0.15, -0.1) is 0 Å². The smallest absolute Gasteiger partial charge is 0.210 e. The molecule has 0 radical (unpaired) electrons. The molecule has 3 rings (SSSR count). The Labute approximate surface area is 106 Å². The van der Waals surface area contributed by atoms with E-state index in [-0.39, 0.29) is 6.10 Å². The lowest BCUT2D eigenvalue weighted by Gasteiger charge is -2.04. The van der Waals surface area contributed by atoms with Crippen LogP contribution in [-0.4, -0.2) is 0 Å². The van der Waals surface area contributed by atoms with Crippen molar-refractivity contribution in [2.45, 2.75) is 18.6 Å². The van der Waals surface area contributed by atoms with E-state index in [1.807, 2.05) is 61.5 Å². The molecule has 0 saturated carbocycles. The van der Waals surface area contributed by atoms with E-state index in [4.69, 9.17) is 4.74 Å². The van der Waals surface area contributed by atoms with Gasteiger partial charge in [0.25, 0.3) is 0 Å². The molecular weight excluding hydrogens is 222 g/mol. The number of aryl methyl sites for hydroxylation is 1. The van der Waals surface area contributed by atoms with Crippen molar-refractivity contribution in [3.05, 3.63) is 71.3 Å². The van der Waals surface area contributed by atoms with Gasteiger partial charge in [0.05, 0.1) is 0 Å². The number of hydrogen-bond acceptors (Lipinski definition) is 2. The van der Waals surface area contributed by atoms with Crippen molar-refractivity contribution in [3.63, 3.8) is 0 Å². The standard InChI is InChI=1S/C16H13NO/c1-12-7-9-13(10-8-12)15-16(11-17,18-15)14-5-3-2-4-6-14/h2-10,15H,1H3/t15-,16-/m1/s1. The molecule has 1 aliphatic rings. The van der Waals surface area contributed by atoms with Gasteiger partial charge in [-0.1, -0.05) is 60.2 Å². The highest BCUT2D eigenvalue weighted by atomic mass is 16.6. The van der Waals surface area contributed by atoms with E-state index in [1.54, 1.807) is 0 Å². The molecule has 1 saturated heterocycles. The molecule has 2 aromatic carbocycles. The second kappa shape index (κ2) is 3.97. The summed E-state index contributed by atoms with van der Waals surface area (Å²) < 4.78 is 5.70. The molecule has 88 valence electrons. The van der Waals surface area contributed by atoms with E-state index in [1.165, 1.54) is 5.56 Å². The zero-order valence-electron chi connectivity index (χ0n) is 10.1. The predicted octanol–water partition coefficient (Wildman–Crippen LogP) is 3.49. The van der Waals surface area contributed by atoms with E-state index < -0.39 is 5.60 Å². The van der Waals surface area contributed by atoms with Crippen LogP contribution in [-0.2, 0) is 10.3 Å². The third-order valence-corrected chi connectivity index (χ3v) is 3.36. The van der Waals surface area contributed by atoms with Crippen molar-refractivity contribution in [3.8, 4) is 6.07 Å². The number of nitriles is 1. The Kier molecular flexibility index (Phi) is 2.43. The van der Waals surface area contributed by atoms with Crippen LogP contribution in [0.15, 0.2) is 54.6 Å². The van der Waals surface area contributed by atoms with Crippen LogP contribution in [0, 0.1) is 18.3 Å². The molecule has 1 heterocycles. The van der Waals surface area contributed by atoms with Crippen LogP contribution in [0.1, 0.15) is 22.8 Å². The summed E-state index contributed by atoms with van der Waals surface area (Å²) in [7, 11) is 0. The van der Waals surface area contributed by atoms with E-state index in [9.17, 15) is 5.26 Å². The van der Waals surface area contributed by atoms with Gasteiger partial charge in [0.15, 0.2) is 0 Å². The summed E-state index contributed by atoms with van der Waals surface area (Å²) in [6.07, 6.45) is -0.148. The van der Waals surface area contributed by atoms with Gasteiger partial charge < -0.3 is 4.74 Å². The molecule has 0 bridgehead atoms. The molecule has 1 fully saturated rings. The molecule has 2 heteroatoms. The normalized spacial score (nSPS) is 25.4. The zero-order valence-corrected chi connectivity index (χ0v) is 10.1. The molecular formula is C16H13NO. The van der Waals surface area contributed by atoms with Crippen LogP contribution in [0.5, 0.6) is 0 Å². The van der Waals surface area contributed by atoms with Crippen LogP contribution in [0.3, 0.4) is 0 Å². The third-order valence-electron chi connectivity index (χ3n) is 3.36. The van der Waals surface area contributed by atoms with Crippen molar-refractivity contribution in [1.82, 2.24) is 0 Å². The predicted molar refractivity (Wildman–Crippen MR) is 68.7 cm³/mol. The average Bonchev–Trinajstić information content (AvgIpc) is 3.17. The van der Waals surface area contributed by atoms with E-state index in [0.29, 0.717) is 0 Å². The maximum absolute atomic E-state index is 9.42. The summed E-state index contributed by atoms with van der Waals surface area (Å²) in [5.41, 5.74) is 2.40. The van der Waals surface area contributed by atoms with Gasteiger partial charge in [-0.25, -0.2) is 0 Å². The van der Waals surface area contributed by atoms with Gasteiger partial charge >= 0.3 is 0 Å². The number of benzene rings is 2. The number of nitrogens with zero attached hydrogens (tertiary/aromatic N) is 1. The second-order valence-electron chi connectivity index (χ2n) is 4.62. The van der Waals surface area contributed by atoms with Crippen LogP contribution >= 0.6 is 0 Å². The summed E-state index contributed by atoms with van der Waals surface area (Å²) in [6, 6.07) is 20.2. The first-order valence-corrected chi connectivity index (χ1v) is 5.97. The molecule has 2 atom stereocenters. The van der Waals surface area contributed by atoms with Crippen molar-refractivity contribution < 1.29 is 4.74 Å². The first-order valence-electron chi connectivity index (χ1n) is 5.97. The Morgan fingerprint density at radius 1 is 1.06 bits per heavy atom. The first-order chi connectivity index (χ1) is 8.76. The van der Waals surface area contributed by atoms with Gasteiger partial charge in [0.1, 0.15) is 12.2 Å². The van der Waals surface area contributed by atoms with Crippen molar-refractivity contribution in [2.24, 2.45) is 0 Å². The number of ether oxygens (including phenoxy) is 1. The first kappa shape index (κ1) is 11.0. The molecule has 2 nitrogen and oxygen atoms in total. The third kappa shape index (κ3) is 1.61. The maximum Gasteiger partial charge on any atom is 0.210 e. The SMILES string of the molecule is Cc1ccc([C@H]2O[C@]2(C#N)c2ccccc2)cc1. The molecule has 0 unspecified atom stereocenters. The highest BCUT2D eigenvalue weighted by Crippen LogP contribution is 2.56. The summed E-state index contributed by atoms with van der Waals surface area (Å²) >= 11 is 0. The van der Waals surface area contributed by atoms with Crippen LogP contribution < -0.4 is 0 Å². The fourth-order valence-electron chi connectivity index (χ4n) is 2.25. The Balaban J connectivity index is 1.95. The van der Waals surface area contributed by atoms with Gasteiger partial charge in [0.2, 0.25) is 5.60 Å². The summed E-state index contributed by atoms with van der Waals surface area (Å²) in [4.78, 5) is 0. The van der Waals surface area contributed by atoms with Gasteiger partial charge in [0, 0.05) is 5.56 Å². The number of rotatable bonds is 2. The largest absolute Gasteiger partial charge is 0.340 e. The highest BCUT2D eigenvalue weighted by molar-refractivity contribution is 5.42. The lowest BCUT2D eigenvalue weighted by Crippen LogP contribution is -2.06. The minimum Gasteiger partial charge on any atom is -0.340 e. The fourth-order valence-corrected chi connectivity index (χ4v) is 2.25. The topological polar surface area (TPSA) is 36.3 Å². The Bertz CT molecular complexity index is 597. The summed E-state index contributed by atoms with van der Waals surface area (Å²) in [5, 5.41) is 9.42. The summed E-state index contributed by atoms with van der Waals surface area (Å²) in [5.74, 6) is 0. The lowest BCUT2D eigenvalue weighted by atomic mass is 9.93. The lowest BCUT2D eigenvalue weighted by molar-refractivity contribution is 0.340. The van der Waals surface area contributed by atoms with Crippen LogP contribution in [0.4, 0.5) is 0 Å². The molecule has 0 spiro atoms. The minimum absolute atomic E-state index is 0.148. The van der Waals surface area contributed by atoms with E-state index in [2.05, 4.69) is 6.07 Å². The Hall–Kier alpha value is -2.11. The molecule has 18 heavy (non-hydrogen) atoms. The molecule has 0 aromatic heterocycles. The van der Waals surface area contributed by atoms with Crippen LogP contribution in [0.2, 0.25) is 0 Å². The van der Waals surface area contributed by atoms with Crippen molar-refractivity contribution >= 4 is 0 Å². The minimum atomic E-state index is -0.795. The molecule has 0 aliphatic carbocycles. The molecule has 1 aliphatic heterocycles. The van der Waals surface area contributed by atoms with E-state index >= 15 is 0 Å². The van der Waals surface area contributed by atoms with Gasteiger partial charge in [-0.3, -0.25) is 0 Å². The molecule has 2 aromatic rings. The number of hydrogen-bond donors (Lipinski definition) is 0. The molecule has 0 amide bonds. The second-order valence-corrected chi connectivity index (χ2v) is 4.62. The van der Waals surface area contributed by atoms with Crippen molar-refractivity contribution in [1.29, 1.82) is 5.26 Å². The highest BCUT2D eigenvalue weighted by Gasteiger charge is 2.59. The van der Waals surface area contributed by atoms with Gasteiger partial charge in [-0.2, -0.15) is 5.26 Å². The summed E-state index contributed by atoms with van der Waals surface area (Å²) in [6.45, 7) is 2.05. The zero-order chi connectivity index (χ0) is 12.6. The number of epoxide rings is 1. The Morgan fingerprint density at radius 3 is 2.33 bits per heavy atom. The monoisotopic (exact) mass is 235 g/mol. The quantitative estimate of drug-likeness (QED) is 0.747. The Morgan fingerprint density at radius 2 is 1.72 bits per heavy atom. The van der Waals surface area contributed by atoms with Crippen molar-refractivity contribution in [2.75, 3.05) is 0 Å². The maximum atomic E-state index is 9.42. The fraction of sp³-hybridized carbons (Fsp3) is 0.188. The molecule has 0 N–H and O–H groups in total.